The Kier molecular flexibility index (Phi) is 21.6. The molecule has 0 amide bonds. The van der Waals surface area contributed by atoms with Crippen molar-refractivity contribution < 1.29 is 16.8 Å². The van der Waals surface area contributed by atoms with E-state index in [4.69, 9.17) is 8.37 Å². The number of hydrogen-bond acceptors (Lipinski definition) is 4. The summed E-state index contributed by atoms with van der Waals surface area (Å²) in [4.78, 5) is 0. The molecule has 0 aliphatic heterocycles. The van der Waals surface area contributed by atoms with Gasteiger partial charge in [0.25, 0.3) is 0 Å². The smallest absolute Gasteiger partial charge is 0.248 e. The van der Waals surface area contributed by atoms with Gasteiger partial charge in [0.2, 0.25) is 0 Å². The summed E-state index contributed by atoms with van der Waals surface area (Å²) in [5, 5.41) is 0. The van der Waals surface area contributed by atoms with E-state index in [1.807, 2.05) is 0 Å². The van der Waals surface area contributed by atoms with Crippen LogP contribution >= 0.6 is 0 Å². The topological polar surface area (TPSA) is 52.6 Å². The van der Waals surface area contributed by atoms with Crippen LogP contribution in [-0.2, 0) is 18.8 Å². The predicted octanol–water partition coefficient (Wildman–Crippen LogP) is 8.60. The minimum atomic E-state index is -3.81. The van der Waals surface area contributed by atoms with Gasteiger partial charge in [-0.05, 0) is 24.7 Å². The molecule has 0 aliphatic rings. The summed E-state index contributed by atoms with van der Waals surface area (Å²) in [5.41, 5.74) is 0. The van der Waals surface area contributed by atoms with Crippen LogP contribution in [0.3, 0.4) is 0 Å². The molecule has 0 rings (SSSR count). The zero-order valence-corrected chi connectivity index (χ0v) is 22.2. The summed E-state index contributed by atoms with van der Waals surface area (Å²) in [6.07, 6.45) is 21.5. The maximum Gasteiger partial charge on any atom is 0.399 e. The van der Waals surface area contributed by atoms with E-state index in [1.54, 1.807) is 0 Å². The van der Waals surface area contributed by atoms with Gasteiger partial charge in [0, 0.05) is 0 Å². The van der Waals surface area contributed by atoms with Crippen LogP contribution in [0.4, 0.5) is 0 Å². The third kappa shape index (κ3) is 22.8. The lowest BCUT2D eigenvalue weighted by atomic mass is 9.98. The Morgan fingerprint density at radius 3 is 1.19 bits per heavy atom. The largest absolute Gasteiger partial charge is 0.399 e. The molecule has 2 atom stereocenters. The van der Waals surface area contributed by atoms with Crippen molar-refractivity contribution in [1.82, 2.24) is 0 Å². The first kappa shape index (κ1) is 30.9. The summed E-state index contributed by atoms with van der Waals surface area (Å²) >= 11 is 0. The lowest BCUT2D eigenvalue weighted by Gasteiger charge is -2.09. The molecule has 31 heavy (non-hydrogen) atoms. The standard InChI is InChI=1S/C26H54O4S/c1-5-19-25(3)21-15-11-7-9-13-17-23-29-31(27,28)30-24-18-14-10-8-12-16-22-26(4)20-6-2/h25-26H,5-24H2,1-4H3. The molecule has 0 aromatic carbocycles. The maximum absolute atomic E-state index is 11.8. The fourth-order valence-electron chi connectivity index (χ4n) is 4.23. The highest BCUT2D eigenvalue weighted by Gasteiger charge is 2.11. The van der Waals surface area contributed by atoms with Crippen molar-refractivity contribution in [3.8, 4) is 0 Å². The van der Waals surface area contributed by atoms with Crippen LogP contribution in [0.15, 0.2) is 0 Å². The van der Waals surface area contributed by atoms with Gasteiger partial charge in [-0.25, -0.2) is 8.37 Å². The molecule has 188 valence electrons. The van der Waals surface area contributed by atoms with E-state index in [1.165, 1.54) is 77.0 Å². The summed E-state index contributed by atoms with van der Waals surface area (Å²) in [7, 11) is -3.81. The minimum Gasteiger partial charge on any atom is -0.248 e. The first-order valence-corrected chi connectivity index (χ1v) is 14.8. The monoisotopic (exact) mass is 462 g/mol. The third-order valence-electron chi connectivity index (χ3n) is 6.20. The Balaban J connectivity index is 3.42. The van der Waals surface area contributed by atoms with Gasteiger partial charge in [-0.3, -0.25) is 0 Å². The van der Waals surface area contributed by atoms with Crippen molar-refractivity contribution in [2.24, 2.45) is 11.8 Å². The highest BCUT2D eigenvalue weighted by atomic mass is 32.3. The van der Waals surface area contributed by atoms with Gasteiger partial charge in [-0.15, -0.1) is 0 Å². The fourth-order valence-corrected chi connectivity index (χ4v) is 4.95. The molecule has 4 nitrogen and oxygen atoms in total. The van der Waals surface area contributed by atoms with E-state index in [9.17, 15) is 8.42 Å². The molecular formula is C26H54O4S. The van der Waals surface area contributed by atoms with Crippen molar-refractivity contribution in [2.45, 2.75) is 143 Å². The Hall–Kier alpha value is -0.130. The summed E-state index contributed by atoms with van der Waals surface area (Å²) in [6, 6.07) is 0. The van der Waals surface area contributed by atoms with Gasteiger partial charge in [0.15, 0.2) is 0 Å². The quantitative estimate of drug-likeness (QED) is 0.135. The van der Waals surface area contributed by atoms with Crippen LogP contribution in [-0.4, -0.2) is 21.6 Å². The van der Waals surface area contributed by atoms with E-state index in [0.717, 1.165) is 50.4 Å². The van der Waals surface area contributed by atoms with Crippen LogP contribution in [0.2, 0.25) is 0 Å². The molecule has 0 aromatic heterocycles. The second-order valence-electron chi connectivity index (χ2n) is 9.66. The lowest BCUT2D eigenvalue weighted by molar-refractivity contribution is 0.208. The SMILES string of the molecule is CCCC(C)CCCCCCCCOS(=O)(=O)OCCCCCCCCC(C)CCC. The molecule has 2 unspecified atom stereocenters. The summed E-state index contributed by atoms with van der Waals surface area (Å²) < 4.78 is 33.5. The second-order valence-corrected chi connectivity index (χ2v) is 10.9. The Bertz CT molecular complexity index is 428. The zero-order chi connectivity index (χ0) is 23.2. The van der Waals surface area contributed by atoms with Gasteiger partial charge in [-0.1, -0.05) is 130 Å². The first-order valence-electron chi connectivity index (χ1n) is 13.4. The van der Waals surface area contributed by atoms with Gasteiger partial charge >= 0.3 is 10.4 Å². The van der Waals surface area contributed by atoms with Crippen LogP contribution in [0.1, 0.15) is 143 Å². The van der Waals surface area contributed by atoms with E-state index < -0.39 is 10.4 Å². The Morgan fingerprint density at radius 2 is 0.839 bits per heavy atom. The molecule has 0 radical (unpaired) electrons. The van der Waals surface area contributed by atoms with Crippen molar-refractivity contribution in [1.29, 1.82) is 0 Å². The molecule has 0 aliphatic carbocycles. The van der Waals surface area contributed by atoms with Crippen molar-refractivity contribution in [3.05, 3.63) is 0 Å². The van der Waals surface area contributed by atoms with Crippen molar-refractivity contribution >= 4 is 10.4 Å². The predicted molar refractivity (Wildman–Crippen MR) is 134 cm³/mol. The van der Waals surface area contributed by atoms with Crippen LogP contribution in [0, 0.1) is 11.8 Å². The van der Waals surface area contributed by atoms with E-state index in [-0.39, 0.29) is 13.2 Å². The van der Waals surface area contributed by atoms with Crippen LogP contribution in [0.5, 0.6) is 0 Å². The van der Waals surface area contributed by atoms with Crippen LogP contribution in [0.25, 0.3) is 0 Å². The van der Waals surface area contributed by atoms with Crippen molar-refractivity contribution in [2.75, 3.05) is 13.2 Å². The summed E-state index contributed by atoms with van der Waals surface area (Å²) in [6.45, 7) is 9.68. The number of unbranched alkanes of at least 4 members (excludes halogenated alkanes) is 10. The highest BCUT2D eigenvalue weighted by Crippen LogP contribution is 2.17. The van der Waals surface area contributed by atoms with Gasteiger partial charge in [0.1, 0.15) is 0 Å². The molecule has 5 heteroatoms. The van der Waals surface area contributed by atoms with Gasteiger partial charge in [0.05, 0.1) is 13.2 Å². The van der Waals surface area contributed by atoms with Gasteiger partial charge in [-0.2, -0.15) is 8.42 Å². The molecule has 0 spiro atoms. The van der Waals surface area contributed by atoms with Gasteiger partial charge < -0.3 is 0 Å². The molecule has 0 saturated carbocycles. The minimum absolute atomic E-state index is 0.242. The molecule has 0 bridgehead atoms. The Labute approximate surface area is 195 Å². The highest BCUT2D eigenvalue weighted by molar-refractivity contribution is 7.81. The molecule has 0 N–H and O–H groups in total. The van der Waals surface area contributed by atoms with E-state index >= 15 is 0 Å². The Morgan fingerprint density at radius 1 is 0.516 bits per heavy atom. The van der Waals surface area contributed by atoms with Crippen molar-refractivity contribution in [3.63, 3.8) is 0 Å². The zero-order valence-electron chi connectivity index (χ0n) is 21.3. The van der Waals surface area contributed by atoms with Crippen LogP contribution < -0.4 is 0 Å². The summed E-state index contributed by atoms with van der Waals surface area (Å²) in [5.74, 6) is 1.71. The van der Waals surface area contributed by atoms with E-state index in [2.05, 4.69) is 27.7 Å². The number of hydrogen-bond donors (Lipinski definition) is 0. The second kappa shape index (κ2) is 21.7. The average molecular weight is 463 g/mol. The molecule has 0 aromatic rings. The first-order chi connectivity index (χ1) is 14.9. The fraction of sp³-hybridized carbons (Fsp3) is 1.00. The molecular weight excluding hydrogens is 408 g/mol. The average Bonchev–Trinajstić information content (AvgIpc) is 2.71. The normalized spacial score (nSPS) is 14.1. The lowest BCUT2D eigenvalue weighted by Crippen LogP contribution is -2.12. The molecule has 0 fully saturated rings. The number of rotatable bonds is 24. The molecule has 0 heterocycles. The molecule has 0 saturated heterocycles. The van der Waals surface area contributed by atoms with E-state index in [0.29, 0.717) is 0 Å². The third-order valence-corrected chi connectivity index (χ3v) is 7.11. The maximum atomic E-state index is 11.8.